The van der Waals surface area contributed by atoms with E-state index in [2.05, 4.69) is 4.72 Å². The number of thiophene rings is 1. The van der Waals surface area contributed by atoms with Gasteiger partial charge in [0.15, 0.2) is 0 Å². The molecule has 0 radical (unpaired) electrons. The third-order valence-electron chi connectivity index (χ3n) is 3.20. The summed E-state index contributed by atoms with van der Waals surface area (Å²) < 4.78 is 27.1. The van der Waals surface area contributed by atoms with Gasteiger partial charge in [0.05, 0.1) is 0 Å². The Morgan fingerprint density at radius 1 is 1.47 bits per heavy atom. The quantitative estimate of drug-likeness (QED) is 0.820. The van der Waals surface area contributed by atoms with Crippen LogP contribution >= 0.6 is 22.9 Å². The van der Waals surface area contributed by atoms with Crippen LogP contribution in [0.15, 0.2) is 16.3 Å². The predicted octanol–water partition coefficient (Wildman–Crippen LogP) is 2.74. The summed E-state index contributed by atoms with van der Waals surface area (Å²) >= 11 is 7.02. The van der Waals surface area contributed by atoms with Gasteiger partial charge in [-0.3, -0.25) is 0 Å². The molecule has 1 N–H and O–H groups in total. The van der Waals surface area contributed by atoms with Crippen molar-refractivity contribution in [1.82, 2.24) is 4.72 Å². The van der Waals surface area contributed by atoms with Crippen LogP contribution in [0.3, 0.4) is 0 Å². The Hall–Kier alpha value is -0.100. The molecule has 1 fully saturated rings. The van der Waals surface area contributed by atoms with E-state index in [0.29, 0.717) is 16.6 Å². The van der Waals surface area contributed by atoms with Gasteiger partial charge in [-0.25, -0.2) is 13.1 Å². The number of nitrogens with one attached hydrogen (secondary N) is 1. The minimum Gasteiger partial charge on any atom is -0.210 e. The number of hydrogen-bond donors (Lipinski definition) is 1. The monoisotopic (exact) mass is 293 g/mol. The van der Waals surface area contributed by atoms with Crippen molar-refractivity contribution in [3.8, 4) is 0 Å². The highest BCUT2D eigenvalue weighted by atomic mass is 35.5. The van der Waals surface area contributed by atoms with E-state index < -0.39 is 10.0 Å². The second-order valence-electron chi connectivity index (χ2n) is 4.63. The van der Waals surface area contributed by atoms with E-state index in [1.54, 1.807) is 6.07 Å². The molecule has 1 aliphatic rings. The molecule has 96 valence electrons. The second kappa shape index (κ2) is 4.88. The van der Waals surface area contributed by atoms with Gasteiger partial charge >= 0.3 is 0 Å². The molecule has 0 saturated heterocycles. The van der Waals surface area contributed by atoms with Crippen LogP contribution in [0.2, 0.25) is 0 Å². The van der Waals surface area contributed by atoms with Crippen molar-refractivity contribution in [2.24, 2.45) is 5.41 Å². The van der Waals surface area contributed by atoms with E-state index in [1.165, 1.54) is 11.3 Å². The standard InChI is InChI=1S/C11H16ClNO2S2/c1-9-2-3-10(16-9)17(14,15)13-8-11(4-5-11)6-7-12/h2-3,13H,4-8H2,1H3. The van der Waals surface area contributed by atoms with E-state index in [0.717, 1.165) is 24.1 Å². The van der Waals surface area contributed by atoms with Gasteiger partial charge < -0.3 is 0 Å². The average Bonchev–Trinajstić information content (AvgIpc) is 2.89. The van der Waals surface area contributed by atoms with Gasteiger partial charge in [0.2, 0.25) is 10.0 Å². The molecule has 1 aliphatic carbocycles. The van der Waals surface area contributed by atoms with Gasteiger partial charge in [-0.15, -0.1) is 22.9 Å². The van der Waals surface area contributed by atoms with Crippen LogP contribution in [0.1, 0.15) is 24.1 Å². The predicted molar refractivity (Wildman–Crippen MR) is 71.2 cm³/mol. The highest BCUT2D eigenvalue weighted by molar-refractivity contribution is 7.91. The molecule has 1 aromatic rings. The van der Waals surface area contributed by atoms with Crippen LogP contribution in [0.5, 0.6) is 0 Å². The minimum atomic E-state index is -3.33. The topological polar surface area (TPSA) is 46.2 Å². The maximum Gasteiger partial charge on any atom is 0.250 e. The Morgan fingerprint density at radius 2 is 2.18 bits per heavy atom. The van der Waals surface area contributed by atoms with E-state index in [-0.39, 0.29) is 5.41 Å². The molecule has 1 aromatic heterocycles. The van der Waals surface area contributed by atoms with Crippen molar-refractivity contribution in [1.29, 1.82) is 0 Å². The molecule has 6 heteroatoms. The van der Waals surface area contributed by atoms with Crippen LogP contribution in [0, 0.1) is 12.3 Å². The number of aryl methyl sites for hydroxylation is 1. The summed E-state index contributed by atoms with van der Waals surface area (Å²) in [5.74, 6) is 0.597. The molecule has 0 unspecified atom stereocenters. The van der Waals surface area contributed by atoms with Gasteiger partial charge in [0, 0.05) is 17.3 Å². The van der Waals surface area contributed by atoms with Crippen LogP contribution in [0.4, 0.5) is 0 Å². The Bertz CT molecular complexity index is 491. The number of alkyl halides is 1. The summed E-state index contributed by atoms with van der Waals surface area (Å²) in [5, 5.41) is 0. The first-order valence-corrected chi connectivity index (χ1v) is 8.43. The van der Waals surface area contributed by atoms with E-state index >= 15 is 0 Å². The number of hydrogen-bond acceptors (Lipinski definition) is 3. The highest BCUT2D eigenvalue weighted by Crippen LogP contribution is 2.48. The van der Waals surface area contributed by atoms with Gasteiger partial charge in [-0.2, -0.15) is 0 Å². The molecular formula is C11H16ClNO2S2. The van der Waals surface area contributed by atoms with Crippen LogP contribution in [0.25, 0.3) is 0 Å². The summed E-state index contributed by atoms with van der Waals surface area (Å²) in [7, 11) is -3.33. The third kappa shape index (κ3) is 3.22. The Morgan fingerprint density at radius 3 is 2.65 bits per heavy atom. The Kier molecular flexibility index (Phi) is 3.83. The van der Waals surface area contributed by atoms with Crippen LogP contribution < -0.4 is 4.72 Å². The van der Waals surface area contributed by atoms with Crippen LogP contribution in [-0.2, 0) is 10.0 Å². The zero-order valence-corrected chi connectivity index (χ0v) is 12.1. The lowest BCUT2D eigenvalue weighted by atomic mass is 10.1. The van der Waals surface area contributed by atoms with Crippen molar-refractivity contribution in [2.75, 3.05) is 12.4 Å². The van der Waals surface area contributed by atoms with Gasteiger partial charge in [0.25, 0.3) is 0 Å². The lowest BCUT2D eigenvalue weighted by Crippen LogP contribution is -2.30. The lowest BCUT2D eigenvalue weighted by molar-refractivity contribution is 0.478. The largest absolute Gasteiger partial charge is 0.250 e. The summed E-state index contributed by atoms with van der Waals surface area (Å²) in [6.45, 7) is 2.42. The maximum absolute atomic E-state index is 12.0. The third-order valence-corrected chi connectivity index (χ3v) is 6.28. The second-order valence-corrected chi connectivity index (χ2v) is 8.29. The molecule has 0 bridgehead atoms. The summed E-state index contributed by atoms with van der Waals surface area (Å²) in [4.78, 5) is 1.01. The molecule has 0 aromatic carbocycles. The van der Waals surface area contributed by atoms with E-state index in [4.69, 9.17) is 11.6 Å². The van der Waals surface area contributed by atoms with Gasteiger partial charge in [0.1, 0.15) is 4.21 Å². The highest BCUT2D eigenvalue weighted by Gasteiger charge is 2.42. The smallest absolute Gasteiger partial charge is 0.210 e. The SMILES string of the molecule is Cc1ccc(S(=O)(=O)NCC2(CCCl)CC2)s1. The first-order valence-electron chi connectivity index (χ1n) is 5.60. The van der Waals surface area contributed by atoms with Gasteiger partial charge in [-0.1, -0.05) is 0 Å². The van der Waals surface area contributed by atoms with Gasteiger partial charge in [-0.05, 0) is 43.7 Å². The number of halogens is 1. The summed E-state index contributed by atoms with van der Waals surface area (Å²) in [5.41, 5.74) is 0.126. The normalized spacial score (nSPS) is 18.2. The van der Waals surface area contributed by atoms with Crippen molar-refractivity contribution < 1.29 is 8.42 Å². The molecule has 17 heavy (non-hydrogen) atoms. The first-order chi connectivity index (χ1) is 7.97. The van der Waals surface area contributed by atoms with E-state index in [9.17, 15) is 8.42 Å². The maximum atomic E-state index is 12.0. The minimum absolute atomic E-state index is 0.126. The molecule has 3 nitrogen and oxygen atoms in total. The fourth-order valence-corrected chi connectivity index (χ4v) is 4.65. The number of rotatable bonds is 6. The average molecular weight is 294 g/mol. The fraction of sp³-hybridized carbons (Fsp3) is 0.636. The lowest BCUT2D eigenvalue weighted by Gasteiger charge is -2.13. The van der Waals surface area contributed by atoms with Crippen molar-refractivity contribution >= 4 is 33.0 Å². The Labute approximate surface area is 111 Å². The molecule has 0 amide bonds. The summed E-state index contributed by atoms with van der Waals surface area (Å²) in [6.07, 6.45) is 3.04. The molecule has 0 atom stereocenters. The van der Waals surface area contributed by atoms with Crippen molar-refractivity contribution in [3.63, 3.8) is 0 Å². The first kappa shape index (κ1) is 13.3. The molecule has 0 aliphatic heterocycles. The number of sulfonamides is 1. The van der Waals surface area contributed by atoms with Crippen molar-refractivity contribution in [2.45, 2.75) is 30.4 Å². The van der Waals surface area contributed by atoms with E-state index in [1.807, 2.05) is 13.0 Å². The summed E-state index contributed by atoms with van der Waals surface area (Å²) in [6, 6.07) is 3.48. The molecule has 0 spiro atoms. The molecule has 1 heterocycles. The molecule has 1 saturated carbocycles. The zero-order chi connectivity index (χ0) is 12.5. The fourth-order valence-electron chi connectivity index (χ4n) is 1.77. The van der Waals surface area contributed by atoms with Crippen molar-refractivity contribution in [3.05, 3.63) is 17.0 Å². The zero-order valence-electron chi connectivity index (χ0n) is 9.70. The Balaban J connectivity index is 1.99. The molecular weight excluding hydrogens is 278 g/mol. The molecule has 2 rings (SSSR count). The van der Waals surface area contributed by atoms with Crippen LogP contribution in [-0.4, -0.2) is 20.8 Å².